The predicted molar refractivity (Wildman–Crippen MR) is 86.9 cm³/mol. The molecule has 0 aliphatic rings. The first-order valence-corrected chi connectivity index (χ1v) is 7.50. The fraction of sp³-hybridized carbons (Fsp3) is 0.286. The van der Waals surface area contributed by atoms with Crippen molar-refractivity contribution in [2.24, 2.45) is 7.05 Å². The van der Waals surface area contributed by atoms with Crippen LogP contribution in [0, 0.1) is 0 Å². The van der Waals surface area contributed by atoms with Gasteiger partial charge in [-0.1, -0.05) is 5.21 Å². The molecule has 1 atom stereocenters. The number of aryl methyl sites for hydroxylation is 1. The molecule has 4 aromatic rings. The van der Waals surface area contributed by atoms with Crippen LogP contribution in [0.2, 0.25) is 0 Å². The Morgan fingerprint density at radius 1 is 1.04 bits per heavy atom. The minimum absolute atomic E-state index is 0.204. The second kappa shape index (κ2) is 5.54. The van der Waals surface area contributed by atoms with Gasteiger partial charge >= 0.3 is 0 Å². The minimum Gasteiger partial charge on any atom is -0.302 e. The van der Waals surface area contributed by atoms with Crippen molar-refractivity contribution in [1.29, 1.82) is 0 Å². The van der Waals surface area contributed by atoms with Crippen molar-refractivity contribution in [2.45, 2.75) is 19.5 Å². The average Bonchev–Trinajstić information content (AvgIpc) is 3.11. The van der Waals surface area contributed by atoms with E-state index >= 15 is 0 Å². The summed E-state index contributed by atoms with van der Waals surface area (Å²) in [6.07, 6.45) is 2.88. The first-order valence-electron chi connectivity index (χ1n) is 7.50. The summed E-state index contributed by atoms with van der Waals surface area (Å²) in [4.78, 5) is 29.2. The Bertz CT molecular complexity index is 1190. The van der Waals surface area contributed by atoms with Gasteiger partial charge in [-0.15, -0.1) is 10.2 Å². The zero-order chi connectivity index (χ0) is 17.6. The van der Waals surface area contributed by atoms with Gasteiger partial charge < -0.3 is 4.57 Å². The van der Waals surface area contributed by atoms with E-state index in [4.69, 9.17) is 0 Å². The summed E-state index contributed by atoms with van der Waals surface area (Å²) in [5.74, 6) is 0. The maximum absolute atomic E-state index is 12.8. The average molecular weight is 339 g/mol. The quantitative estimate of drug-likeness (QED) is 0.448. The fourth-order valence-corrected chi connectivity index (χ4v) is 2.66. The van der Waals surface area contributed by atoms with E-state index in [2.05, 4.69) is 30.8 Å². The van der Waals surface area contributed by atoms with E-state index in [9.17, 15) is 9.59 Å². The Kier molecular flexibility index (Phi) is 3.34. The molecule has 3 aromatic heterocycles. The Morgan fingerprint density at radius 2 is 1.80 bits per heavy atom. The van der Waals surface area contributed by atoms with Gasteiger partial charge in [0.1, 0.15) is 11.8 Å². The number of hydrogen-bond donors (Lipinski definition) is 0. The molecule has 0 spiro atoms. The molecule has 0 radical (unpaired) electrons. The van der Waals surface area contributed by atoms with Crippen LogP contribution < -0.4 is 11.1 Å². The van der Waals surface area contributed by atoms with Crippen molar-refractivity contribution in [3.63, 3.8) is 0 Å². The molecule has 0 N–H and O–H groups in total. The summed E-state index contributed by atoms with van der Waals surface area (Å²) in [6.45, 7) is 2.19. The monoisotopic (exact) mass is 339 g/mol. The molecule has 1 aromatic carbocycles. The van der Waals surface area contributed by atoms with E-state index in [0.29, 0.717) is 28.4 Å². The molecule has 0 aliphatic heterocycles. The second-order valence-corrected chi connectivity index (χ2v) is 5.77. The highest BCUT2D eigenvalue weighted by atomic mass is 16.1. The molecular formula is C14H13N9O2. The minimum atomic E-state index is -0.310. The lowest BCUT2D eigenvalue weighted by Gasteiger charge is -2.12. The van der Waals surface area contributed by atoms with Gasteiger partial charge in [-0.3, -0.25) is 9.59 Å². The van der Waals surface area contributed by atoms with Gasteiger partial charge in [0.2, 0.25) is 0 Å². The molecule has 0 aliphatic carbocycles. The third kappa shape index (κ3) is 2.45. The molecule has 4 rings (SSSR count). The van der Waals surface area contributed by atoms with E-state index in [1.165, 1.54) is 26.6 Å². The highest BCUT2D eigenvalue weighted by Crippen LogP contribution is 2.14. The van der Waals surface area contributed by atoms with Crippen molar-refractivity contribution in [3.05, 3.63) is 45.5 Å². The number of hydrogen-bond acceptors (Lipinski definition) is 8. The van der Waals surface area contributed by atoms with Gasteiger partial charge in [0, 0.05) is 7.05 Å². The zero-order valence-corrected chi connectivity index (χ0v) is 13.4. The third-order valence-corrected chi connectivity index (χ3v) is 3.98. The summed E-state index contributed by atoms with van der Waals surface area (Å²) < 4.78 is 4.16. The van der Waals surface area contributed by atoms with E-state index in [-0.39, 0.29) is 17.2 Å². The summed E-state index contributed by atoms with van der Waals surface area (Å²) in [7, 11) is 1.61. The first kappa shape index (κ1) is 15.1. The zero-order valence-electron chi connectivity index (χ0n) is 13.4. The Morgan fingerprint density at radius 3 is 2.56 bits per heavy atom. The lowest BCUT2D eigenvalue weighted by atomic mass is 10.1. The number of nitrogens with zero attached hydrogens (tertiary/aromatic N) is 9. The van der Waals surface area contributed by atoms with Crippen LogP contribution in [-0.2, 0) is 13.6 Å². The van der Waals surface area contributed by atoms with Crippen LogP contribution in [-0.4, -0.2) is 44.8 Å². The van der Waals surface area contributed by atoms with Gasteiger partial charge in [0.15, 0.2) is 0 Å². The molecule has 0 saturated heterocycles. The van der Waals surface area contributed by atoms with Gasteiger partial charge in [-0.25, -0.2) is 14.3 Å². The predicted octanol–water partition coefficient (Wildman–Crippen LogP) is -0.714. The third-order valence-electron chi connectivity index (χ3n) is 3.98. The molecule has 126 valence electrons. The van der Waals surface area contributed by atoms with Crippen LogP contribution in [0.1, 0.15) is 13.0 Å². The molecule has 3 heterocycles. The molecular weight excluding hydrogens is 326 g/mol. The highest BCUT2D eigenvalue weighted by Gasteiger charge is 2.15. The van der Waals surface area contributed by atoms with Crippen molar-refractivity contribution in [1.82, 2.24) is 44.8 Å². The molecule has 0 unspecified atom stereocenters. The van der Waals surface area contributed by atoms with Crippen molar-refractivity contribution >= 4 is 21.8 Å². The number of rotatable bonds is 3. The smallest absolute Gasteiger partial charge is 0.277 e. The summed E-state index contributed by atoms with van der Waals surface area (Å²) in [5.41, 5.74) is 0.286. The molecule has 0 saturated carbocycles. The molecule has 0 bridgehead atoms. The summed E-state index contributed by atoms with van der Waals surface area (Å²) >= 11 is 0. The Hall–Kier alpha value is -3.50. The number of benzene rings is 1. The largest absolute Gasteiger partial charge is 0.302 e. The van der Waals surface area contributed by atoms with Crippen LogP contribution in [0.25, 0.3) is 21.8 Å². The molecule has 25 heavy (non-hydrogen) atoms. The van der Waals surface area contributed by atoms with Gasteiger partial charge in [0.25, 0.3) is 11.1 Å². The molecule has 11 nitrogen and oxygen atoms in total. The molecule has 0 fully saturated rings. The fourth-order valence-electron chi connectivity index (χ4n) is 2.66. The number of fused-ring (bicyclic) bond motifs is 2. The normalized spacial score (nSPS) is 12.7. The topological polar surface area (TPSA) is 126 Å². The van der Waals surface area contributed by atoms with E-state index < -0.39 is 0 Å². The van der Waals surface area contributed by atoms with Crippen LogP contribution in [0.4, 0.5) is 0 Å². The van der Waals surface area contributed by atoms with Gasteiger partial charge in [-0.05, 0) is 29.5 Å². The van der Waals surface area contributed by atoms with Gasteiger partial charge in [0.05, 0.1) is 35.2 Å². The van der Waals surface area contributed by atoms with Crippen molar-refractivity contribution in [2.75, 3.05) is 0 Å². The van der Waals surface area contributed by atoms with Crippen LogP contribution >= 0.6 is 0 Å². The van der Waals surface area contributed by atoms with E-state index in [1.807, 2.05) is 6.92 Å². The maximum Gasteiger partial charge on any atom is 0.277 e. The van der Waals surface area contributed by atoms with Crippen LogP contribution in [0.3, 0.4) is 0 Å². The van der Waals surface area contributed by atoms with Crippen molar-refractivity contribution in [3.8, 4) is 0 Å². The van der Waals surface area contributed by atoms with E-state index in [1.54, 1.807) is 19.2 Å². The second-order valence-electron chi connectivity index (χ2n) is 5.77. The van der Waals surface area contributed by atoms with Gasteiger partial charge in [-0.2, -0.15) is 0 Å². The SMILES string of the molecule is C[C@H](Cn1cnnn1)n1nnc2cc3c(=O)n(C)cnc3cc2c1=O. The lowest BCUT2D eigenvalue weighted by molar-refractivity contribution is 0.375. The Labute approximate surface area is 139 Å². The number of tetrazole rings is 1. The lowest BCUT2D eigenvalue weighted by Crippen LogP contribution is -2.29. The number of aromatic nitrogens is 9. The van der Waals surface area contributed by atoms with Crippen LogP contribution in [0.5, 0.6) is 0 Å². The first-order chi connectivity index (χ1) is 12.0. The van der Waals surface area contributed by atoms with Crippen molar-refractivity contribution < 1.29 is 0 Å². The summed E-state index contributed by atoms with van der Waals surface area (Å²) in [6, 6.07) is 2.81. The molecule has 11 heteroatoms. The van der Waals surface area contributed by atoms with E-state index in [0.717, 1.165) is 0 Å². The molecule has 0 amide bonds. The standard InChI is InChI=1S/C14H13N9O2/c1-8(5-22-7-16-18-20-22)23-14(25)10-3-11-9(4-12(10)17-19-23)13(24)21(2)6-15-11/h3-4,6-8H,5H2,1-2H3/t8-/m1/s1. The Balaban J connectivity index is 1.87. The maximum atomic E-state index is 12.8. The van der Waals surface area contributed by atoms with Crippen LogP contribution in [0.15, 0.2) is 34.4 Å². The summed E-state index contributed by atoms with van der Waals surface area (Å²) in [5, 5.41) is 19.7. The highest BCUT2D eigenvalue weighted by molar-refractivity contribution is 5.93.